The number of alkyl halides is 3. The lowest BCUT2D eigenvalue weighted by atomic mass is 10.6. The predicted octanol–water partition coefficient (Wildman–Crippen LogP) is 1.04. The smallest absolute Gasteiger partial charge is 0.370 e. The average Bonchev–Trinajstić information content (AvgIpc) is 2.02. The molecule has 0 saturated heterocycles. The van der Waals surface area contributed by atoms with Gasteiger partial charge in [-0.1, -0.05) is 0 Å². The molecule has 0 spiro atoms. The Labute approximate surface area is 84.4 Å². The van der Waals surface area contributed by atoms with Crippen molar-refractivity contribution in [3.8, 4) is 0 Å². The van der Waals surface area contributed by atoms with Crippen LogP contribution in [-0.2, 0) is 9.53 Å². The summed E-state index contributed by atoms with van der Waals surface area (Å²) in [7, 11) is 0. The topological polar surface area (TPSA) is 38.3 Å². The van der Waals surface area contributed by atoms with Crippen molar-refractivity contribution in [3.05, 3.63) is 0 Å². The zero-order chi connectivity index (χ0) is 11.0. The molecule has 0 aromatic carbocycles. The molecule has 0 aliphatic rings. The Kier molecular flexibility index (Phi) is 6.73. The third-order valence-electron chi connectivity index (χ3n) is 1.11. The summed E-state index contributed by atoms with van der Waals surface area (Å²) in [5.74, 6) is 0.104. The summed E-state index contributed by atoms with van der Waals surface area (Å²) < 4.78 is 38.9. The molecule has 1 amide bonds. The van der Waals surface area contributed by atoms with E-state index in [0.717, 1.165) is 0 Å². The minimum absolute atomic E-state index is 0.107. The quantitative estimate of drug-likeness (QED) is 0.694. The Morgan fingerprint density at radius 3 is 2.64 bits per heavy atom. The number of hydrogen-bond acceptors (Lipinski definition) is 3. The molecular weight excluding hydrogens is 219 g/mol. The van der Waals surface area contributed by atoms with Gasteiger partial charge in [0.1, 0.15) is 6.61 Å². The number of carbonyl (C=O) groups excluding carboxylic acids is 1. The molecule has 1 N–H and O–H groups in total. The third kappa shape index (κ3) is 9.66. The van der Waals surface area contributed by atoms with Crippen molar-refractivity contribution in [1.29, 1.82) is 0 Å². The molecule has 14 heavy (non-hydrogen) atoms. The van der Waals surface area contributed by atoms with E-state index in [0.29, 0.717) is 5.75 Å². The van der Waals surface area contributed by atoms with Crippen LogP contribution in [0, 0.1) is 0 Å². The number of ether oxygens (including phenoxy) is 1. The van der Waals surface area contributed by atoms with Gasteiger partial charge in [-0.25, -0.2) is 0 Å². The van der Waals surface area contributed by atoms with Crippen LogP contribution in [-0.4, -0.2) is 43.9 Å². The molecule has 7 heteroatoms. The summed E-state index contributed by atoms with van der Waals surface area (Å²) in [4.78, 5) is 10.8. The van der Waals surface area contributed by atoms with Gasteiger partial charge in [-0.3, -0.25) is 4.79 Å². The maximum absolute atomic E-state index is 11.5. The van der Waals surface area contributed by atoms with Gasteiger partial charge in [0, 0.05) is 6.54 Å². The van der Waals surface area contributed by atoms with E-state index < -0.39 is 12.8 Å². The highest BCUT2D eigenvalue weighted by Crippen LogP contribution is 2.13. The summed E-state index contributed by atoms with van der Waals surface area (Å²) in [5.41, 5.74) is 0. The molecule has 0 aromatic rings. The molecule has 84 valence electrons. The van der Waals surface area contributed by atoms with Gasteiger partial charge in [0.25, 0.3) is 0 Å². The molecule has 0 bridgehead atoms. The molecule has 0 heterocycles. The summed E-state index contributed by atoms with van der Waals surface area (Å²) in [5, 5.41) is 2.42. The van der Waals surface area contributed by atoms with E-state index in [1.54, 1.807) is 6.26 Å². The second-order valence-corrected chi connectivity index (χ2v) is 3.32. The molecule has 0 rings (SSSR count). The summed E-state index contributed by atoms with van der Waals surface area (Å²) in [6.07, 6.45) is -2.54. The Bertz CT molecular complexity index is 175. The van der Waals surface area contributed by atoms with Gasteiger partial charge in [0.2, 0.25) is 5.91 Å². The number of hydrogen-bond donors (Lipinski definition) is 1. The normalized spacial score (nSPS) is 11.4. The lowest BCUT2D eigenvalue weighted by Crippen LogP contribution is -2.30. The van der Waals surface area contributed by atoms with Crippen LogP contribution in [0.5, 0.6) is 0 Å². The first-order chi connectivity index (χ1) is 6.45. The zero-order valence-electron chi connectivity index (χ0n) is 7.69. The molecular formula is C7H12F3NO2S. The van der Waals surface area contributed by atoms with Crippen molar-refractivity contribution in [1.82, 2.24) is 5.32 Å². The number of halogens is 3. The second-order valence-electron chi connectivity index (χ2n) is 2.45. The average molecular weight is 231 g/mol. The van der Waals surface area contributed by atoms with Gasteiger partial charge in [-0.2, -0.15) is 24.9 Å². The fourth-order valence-corrected chi connectivity index (χ4v) is 0.997. The molecule has 0 radical (unpaired) electrons. The molecule has 3 nitrogen and oxygen atoms in total. The minimum Gasteiger partial charge on any atom is -0.370 e. The van der Waals surface area contributed by atoms with Crippen LogP contribution in [0.25, 0.3) is 0 Å². The zero-order valence-corrected chi connectivity index (χ0v) is 8.50. The van der Waals surface area contributed by atoms with Crippen molar-refractivity contribution in [3.63, 3.8) is 0 Å². The van der Waals surface area contributed by atoms with Crippen molar-refractivity contribution < 1.29 is 22.7 Å². The Morgan fingerprint density at radius 2 is 2.14 bits per heavy atom. The van der Waals surface area contributed by atoms with E-state index in [9.17, 15) is 18.0 Å². The molecule has 0 aliphatic heterocycles. The first kappa shape index (κ1) is 13.6. The van der Waals surface area contributed by atoms with Crippen LogP contribution in [0.2, 0.25) is 0 Å². The predicted molar refractivity (Wildman–Crippen MR) is 48.3 cm³/mol. The van der Waals surface area contributed by atoms with Crippen molar-refractivity contribution in [2.75, 3.05) is 31.8 Å². The minimum atomic E-state index is -4.30. The molecule has 0 fully saturated rings. The van der Waals surface area contributed by atoms with Gasteiger partial charge in [-0.15, -0.1) is 0 Å². The highest BCUT2D eigenvalue weighted by molar-refractivity contribution is 7.99. The van der Waals surface area contributed by atoms with Crippen LogP contribution in [0.15, 0.2) is 0 Å². The van der Waals surface area contributed by atoms with Crippen molar-refractivity contribution in [2.45, 2.75) is 6.18 Å². The maximum atomic E-state index is 11.5. The molecule has 0 saturated carbocycles. The standard InChI is InChI=1S/C7H12F3NO2S/c1-14-4-6(12)11-2-3-13-5-7(8,9)10/h2-5H2,1H3,(H,11,12). The van der Waals surface area contributed by atoms with Gasteiger partial charge < -0.3 is 10.1 Å². The van der Waals surface area contributed by atoms with Crippen LogP contribution in [0.1, 0.15) is 0 Å². The van der Waals surface area contributed by atoms with E-state index >= 15 is 0 Å². The number of thioether (sulfide) groups is 1. The van der Waals surface area contributed by atoms with E-state index in [-0.39, 0.29) is 19.1 Å². The summed E-state index contributed by atoms with van der Waals surface area (Å²) in [6, 6.07) is 0. The first-order valence-corrected chi connectivity index (χ1v) is 5.25. The summed E-state index contributed by atoms with van der Waals surface area (Å²) >= 11 is 1.34. The van der Waals surface area contributed by atoms with Crippen LogP contribution in [0.4, 0.5) is 13.2 Å². The van der Waals surface area contributed by atoms with Crippen LogP contribution in [0.3, 0.4) is 0 Å². The largest absolute Gasteiger partial charge is 0.411 e. The molecule has 0 aromatic heterocycles. The maximum Gasteiger partial charge on any atom is 0.411 e. The highest BCUT2D eigenvalue weighted by atomic mass is 32.2. The van der Waals surface area contributed by atoms with Crippen molar-refractivity contribution >= 4 is 17.7 Å². The summed E-state index contributed by atoms with van der Waals surface area (Å²) in [6.45, 7) is -1.29. The Balaban J connectivity index is 3.26. The number of amides is 1. The Morgan fingerprint density at radius 1 is 1.50 bits per heavy atom. The van der Waals surface area contributed by atoms with E-state index in [1.807, 2.05) is 0 Å². The number of carbonyl (C=O) groups is 1. The second kappa shape index (κ2) is 6.94. The number of rotatable bonds is 6. The van der Waals surface area contributed by atoms with Gasteiger partial charge in [0.15, 0.2) is 0 Å². The van der Waals surface area contributed by atoms with E-state index in [1.165, 1.54) is 11.8 Å². The lowest BCUT2D eigenvalue weighted by Gasteiger charge is -2.07. The van der Waals surface area contributed by atoms with E-state index in [2.05, 4.69) is 10.1 Å². The fraction of sp³-hybridized carbons (Fsp3) is 0.857. The highest BCUT2D eigenvalue weighted by Gasteiger charge is 2.27. The van der Waals surface area contributed by atoms with Gasteiger partial charge in [0.05, 0.1) is 12.4 Å². The third-order valence-corrected chi connectivity index (χ3v) is 1.66. The lowest BCUT2D eigenvalue weighted by molar-refractivity contribution is -0.173. The van der Waals surface area contributed by atoms with Gasteiger partial charge in [-0.05, 0) is 6.26 Å². The number of nitrogens with one attached hydrogen (secondary N) is 1. The SMILES string of the molecule is CSCC(=O)NCCOCC(F)(F)F. The molecule has 0 aliphatic carbocycles. The molecule has 0 unspecified atom stereocenters. The first-order valence-electron chi connectivity index (χ1n) is 3.86. The monoisotopic (exact) mass is 231 g/mol. The van der Waals surface area contributed by atoms with Crippen LogP contribution >= 0.6 is 11.8 Å². The molecule has 0 atom stereocenters. The van der Waals surface area contributed by atoms with Gasteiger partial charge >= 0.3 is 6.18 Å². The fourth-order valence-electron chi connectivity index (χ4n) is 0.633. The van der Waals surface area contributed by atoms with Crippen molar-refractivity contribution in [2.24, 2.45) is 0 Å². The Hall–Kier alpha value is -0.430. The van der Waals surface area contributed by atoms with Crippen LogP contribution < -0.4 is 5.32 Å². The van der Waals surface area contributed by atoms with E-state index in [4.69, 9.17) is 0 Å².